The van der Waals surface area contributed by atoms with Gasteiger partial charge in [0, 0.05) is 24.7 Å². The Labute approximate surface area is 146 Å². The minimum Gasteiger partial charge on any atom is -0.497 e. The lowest BCUT2D eigenvalue weighted by atomic mass is 10.1. The molecule has 0 aliphatic carbocycles. The van der Waals surface area contributed by atoms with Crippen molar-refractivity contribution in [2.45, 2.75) is 25.7 Å². The number of nitrogens with zero attached hydrogens (tertiary/aromatic N) is 2. The molecule has 1 aromatic rings. The van der Waals surface area contributed by atoms with Crippen molar-refractivity contribution in [2.75, 3.05) is 27.3 Å². The molecule has 0 unspecified atom stereocenters. The maximum atomic E-state index is 12.3. The number of carbonyl (C=O) groups excluding carboxylic acids is 1. The van der Waals surface area contributed by atoms with Gasteiger partial charge in [-0.05, 0) is 42.8 Å². The molecule has 2 heterocycles. The van der Waals surface area contributed by atoms with Crippen LogP contribution in [-0.4, -0.2) is 43.3 Å². The fraction of sp³-hybridized carbons (Fsp3) is 0.444. The first-order valence-corrected chi connectivity index (χ1v) is 9.02. The molecular weight excluding hydrogens is 324 g/mol. The summed E-state index contributed by atoms with van der Waals surface area (Å²) >= 11 is 1.46. The van der Waals surface area contributed by atoms with E-state index in [1.807, 2.05) is 24.3 Å². The highest BCUT2D eigenvalue weighted by atomic mass is 32.2. The number of amides is 1. The molecule has 6 heteroatoms. The lowest BCUT2D eigenvalue weighted by Gasteiger charge is -2.20. The largest absolute Gasteiger partial charge is 0.497 e. The number of ether oxygens (including phenoxy) is 2. The van der Waals surface area contributed by atoms with Crippen LogP contribution in [0.4, 0.5) is 0 Å². The Kier molecular flexibility index (Phi) is 5.45. The van der Waals surface area contributed by atoms with Gasteiger partial charge in [-0.2, -0.15) is 4.99 Å². The number of likely N-dealkylation sites (tertiary alicyclic amines) is 1. The molecule has 0 saturated carbocycles. The van der Waals surface area contributed by atoms with Crippen molar-refractivity contribution < 1.29 is 14.3 Å². The van der Waals surface area contributed by atoms with Gasteiger partial charge in [0.05, 0.1) is 19.1 Å². The molecule has 0 N–H and O–H groups in total. The summed E-state index contributed by atoms with van der Waals surface area (Å²) in [4.78, 5) is 19.4. The van der Waals surface area contributed by atoms with Gasteiger partial charge in [-0.1, -0.05) is 12.8 Å². The average molecular weight is 346 g/mol. The van der Waals surface area contributed by atoms with Crippen molar-refractivity contribution in [2.24, 2.45) is 4.99 Å². The Balaban J connectivity index is 1.79. The van der Waals surface area contributed by atoms with Crippen LogP contribution < -0.4 is 9.47 Å². The van der Waals surface area contributed by atoms with Crippen LogP contribution in [0.1, 0.15) is 31.2 Å². The number of hydrogen-bond donors (Lipinski definition) is 0. The van der Waals surface area contributed by atoms with Crippen LogP contribution >= 0.6 is 11.8 Å². The summed E-state index contributed by atoms with van der Waals surface area (Å²) in [7, 11) is 3.23. The number of benzene rings is 1. The molecule has 0 aromatic heterocycles. The van der Waals surface area contributed by atoms with E-state index in [1.54, 1.807) is 14.2 Å². The molecule has 2 aliphatic rings. The number of thioether (sulfide) groups is 1. The lowest BCUT2D eigenvalue weighted by molar-refractivity contribution is -0.113. The summed E-state index contributed by atoms with van der Waals surface area (Å²) in [6.45, 7) is 1.97. The number of methoxy groups -OCH3 is 2. The molecule has 2 aliphatic heterocycles. The molecule has 1 saturated heterocycles. The smallest absolute Gasteiger partial charge is 0.286 e. The second-order valence-electron chi connectivity index (χ2n) is 5.82. The van der Waals surface area contributed by atoms with Crippen LogP contribution in [-0.2, 0) is 4.79 Å². The van der Waals surface area contributed by atoms with Gasteiger partial charge in [-0.25, -0.2) is 0 Å². The first-order valence-electron chi connectivity index (χ1n) is 8.21. The molecule has 0 radical (unpaired) electrons. The molecule has 3 rings (SSSR count). The summed E-state index contributed by atoms with van der Waals surface area (Å²) in [5, 5.41) is 0.834. The van der Waals surface area contributed by atoms with Crippen LogP contribution in [0, 0.1) is 0 Å². The topological polar surface area (TPSA) is 51.1 Å². The number of hydrogen-bond acceptors (Lipinski definition) is 5. The van der Waals surface area contributed by atoms with E-state index in [0.29, 0.717) is 10.7 Å². The second-order valence-corrected chi connectivity index (χ2v) is 6.83. The summed E-state index contributed by atoms with van der Waals surface area (Å²) in [5.41, 5.74) is 0.849. The standard InChI is InChI=1S/C18H22N2O3S/c1-22-14-8-7-13(15(12-14)23-2)11-16-17(21)19-18(24-16)20-9-5-3-4-6-10-20/h7-8,11-12H,3-6,9-10H2,1-2H3/b16-11-. The highest BCUT2D eigenvalue weighted by Crippen LogP contribution is 2.34. The van der Waals surface area contributed by atoms with E-state index in [4.69, 9.17) is 9.47 Å². The first kappa shape index (κ1) is 16.9. The van der Waals surface area contributed by atoms with Crippen LogP contribution in [0.2, 0.25) is 0 Å². The van der Waals surface area contributed by atoms with Gasteiger partial charge in [0.25, 0.3) is 5.91 Å². The molecule has 0 bridgehead atoms. The Bertz CT molecular complexity index is 677. The minimum absolute atomic E-state index is 0.169. The molecule has 1 fully saturated rings. The number of rotatable bonds is 3. The van der Waals surface area contributed by atoms with Crippen LogP contribution in [0.3, 0.4) is 0 Å². The SMILES string of the molecule is COc1ccc(/C=C2\SC(N3CCCCCC3)=NC2=O)c(OC)c1. The number of carbonyl (C=O) groups is 1. The highest BCUT2D eigenvalue weighted by molar-refractivity contribution is 8.18. The highest BCUT2D eigenvalue weighted by Gasteiger charge is 2.26. The molecule has 5 nitrogen and oxygen atoms in total. The molecule has 24 heavy (non-hydrogen) atoms. The third-order valence-corrected chi connectivity index (χ3v) is 5.26. The number of aliphatic imine (C=N–C) groups is 1. The quantitative estimate of drug-likeness (QED) is 0.784. The second kappa shape index (κ2) is 7.75. The van der Waals surface area contributed by atoms with Gasteiger partial charge >= 0.3 is 0 Å². The Morgan fingerprint density at radius 2 is 1.88 bits per heavy atom. The number of amidine groups is 1. The van der Waals surface area contributed by atoms with E-state index in [0.717, 1.165) is 29.6 Å². The van der Waals surface area contributed by atoms with E-state index >= 15 is 0 Å². The third kappa shape index (κ3) is 3.75. The summed E-state index contributed by atoms with van der Waals surface area (Å²) in [6, 6.07) is 5.56. The zero-order chi connectivity index (χ0) is 16.9. The van der Waals surface area contributed by atoms with Crippen molar-refractivity contribution in [1.29, 1.82) is 0 Å². The zero-order valence-electron chi connectivity index (χ0n) is 14.1. The Morgan fingerprint density at radius 1 is 1.12 bits per heavy atom. The van der Waals surface area contributed by atoms with Crippen LogP contribution in [0.25, 0.3) is 6.08 Å². The summed E-state index contributed by atoms with van der Waals surface area (Å²) < 4.78 is 10.6. The fourth-order valence-electron chi connectivity index (χ4n) is 2.87. The van der Waals surface area contributed by atoms with Crippen molar-refractivity contribution in [3.63, 3.8) is 0 Å². The van der Waals surface area contributed by atoms with Gasteiger partial charge in [0.2, 0.25) is 0 Å². The monoisotopic (exact) mass is 346 g/mol. The molecule has 0 atom stereocenters. The van der Waals surface area contributed by atoms with Crippen molar-refractivity contribution in [1.82, 2.24) is 4.90 Å². The van der Waals surface area contributed by atoms with Gasteiger partial charge in [0.15, 0.2) is 5.17 Å². The van der Waals surface area contributed by atoms with Crippen molar-refractivity contribution >= 4 is 28.9 Å². The first-order chi connectivity index (χ1) is 11.7. The molecule has 0 spiro atoms. The van der Waals surface area contributed by atoms with Crippen molar-refractivity contribution in [3.8, 4) is 11.5 Å². The van der Waals surface area contributed by atoms with Gasteiger partial charge < -0.3 is 14.4 Å². The normalized spacial score (nSPS) is 20.1. The van der Waals surface area contributed by atoms with Crippen LogP contribution in [0.15, 0.2) is 28.1 Å². The van der Waals surface area contributed by atoms with Gasteiger partial charge in [0.1, 0.15) is 11.5 Å². The maximum absolute atomic E-state index is 12.3. The fourth-order valence-corrected chi connectivity index (χ4v) is 3.83. The van der Waals surface area contributed by atoms with E-state index in [2.05, 4.69) is 9.89 Å². The van der Waals surface area contributed by atoms with Gasteiger partial charge in [-0.15, -0.1) is 0 Å². The van der Waals surface area contributed by atoms with E-state index in [1.165, 1.54) is 37.4 Å². The molecular formula is C18H22N2O3S. The zero-order valence-corrected chi connectivity index (χ0v) is 14.9. The predicted octanol–water partition coefficient (Wildman–Crippen LogP) is 3.55. The summed E-state index contributed by atoms with van der Waals surface area (Å²) in [5.74, 6) is 1.23. The molecule has 1 amide bonds. The minimum atomic E-state index is -0.169. The van der Waals surface area contributed by atoms with Crippen LogP contribution in [0.5, 0.6) is 11.5 Å². The van der Waals surface area contributed by atoms with Crippen molar-refractivity contribution in [3.05, 3.63) is 28.7 Å². The maximum Gasteiger partial charge on any atom is 0.286 e. The van der Waals surface area contributed by atoms with E-state index in [9.17, 15) is 4.79 Å². The van der Waals surface area contributed by atoms with Gasteiger partial charge in [-0.3, -0.25) is 4.79 Å². The molecule has 128 valence electrons. The van der Waals surface area contributed by atoms with E-state index < -0.39 is 0 Å². The average Bonchev–Trinajstić information content (AvgIpc) is 2.81. The van der Waals surface area contributed by atoms with E-state index in [-0.39, 0.29) is 5.91 Å². The Hall–Kier alpha value is -1.95. The third-order valence-electron chi connectivity index (χ3n) is 4.21. The summed E-state index contributed by atoms with van der Waals surface area (Å²) in [6.07, 6.45) is 6.69. The molecule has 1 aromatic carbocycles. The predicted molar refractivity (Wildman–Crippen MR) is 97.6 cm³/mol. The lowest BCUT2D eigenvalue weighted by Crippen LogP contribution is -2.28. The Morgan fingerprint density at radius 3 is 2.54 bits per heavy atom.